The van der Waals surface area contributed by atoms with Crippen molar-refractivity contribution in [3.8, 4) is 5.75 Å². The number of carbonyl (C=O) groups is 1. The van der Waals surface area contributed by atoms with Gasteiger partial charge in [0.15, 0.2) is 0 Å². The highest BCUT2D eigenvalue weighted by atomic mass is 35.5. The van der Waals surface area contributed by atoms with Crippen LogP contribution in [0.25, 0.3) is 21.5 Å². The Morgan fingerprint density at radius 2 is 1.44 bits per heavy atom. The number of nitrogens with one attached hydrogen (secondary N) is 1. The third-order valence-corrected chi connectivity index (χ3v) is 6.01. The van der Waals surface area contributed by atoms with Crippen LogP contribution in [0.1, 0.15) is 21.5 Å². The number of para-hydroxylation sites is 1. The molecule has 5 rings (SSSR count). The molecule has 5 heteroatoms. The van der Waals surface area contributed by atoms with Crippen molar-refractivity contribution in [3.63, 3.8) is 0 Å². The number of hydrazone groups is 1. The molecule has 166 valence electrons. The fourth-order valence-corrected chi connectivity index (χ4v) is 4.15. The lowest BCUT2D eigenvalue weighted by Gasteiger charge is -2.11. The minimum absolute atomic E-state index is 0.259. The SMILES string of the molecule is O=C(N/N=C/c1c2ccccc2cc2ccccc12)c1ccccc1OCc1ccccc1Cl. The smallest absolute Gasteiger partial charge is 0.275 e. The molecular weight excluding hydrogens is 444 g/mol. The first kappa shape index (κ1) is 21.7. The maximum absolute atomic E-state index is 12.9. The lowest BCUT2D eigenvalue weighted by atomic mass is 9.97. The van der Waals surface area contributed by atoms with Gasteiger partial charge in [-0.1, -0.05) is 90.5 Å². The highest BCUT2D eigenvalue weighted by molar-refractivity contribution is 6.31. The Morgan fingerprint density at radius 1 is 0.824 bits per heavy atom. The molecule has 0 spiro atoms. The molecule has 0 saturated heterocycles. The normalized spacial score (nSPS) is 11.2. The topological polar surface area (TPSA) is 50.7 Å². The summed E-state index contributed by atoms with van der Waals surface area (Å²) in [5, 5.41) is 9.29. The number of ether oxygens (including phenoxy) is 1. The molecule has 0 atom stereocenters. The molecule has 1 amide bonds. The van der Waals surface area contributed by atoms with E-state index in [1.165, 1.54) is 0 Å². The van der Waals surface area contributed by atoms with Gasteiger partial charge in [-0.2, -0.15) is 5.10 Å². The highest BCUT2D eigenvalue weighted by Gasteiger charge is 2.12. The van der Waals surface area contributed by atoms with Crippen LogP contribution in [0.3, 0.4) is 0 Å². The number of benzene rings is 5. The van der Waals surface area contributed by atoms with Crippen LogP contribution in [0.5, 0.6) is 5.75 Å². The summed E-state index contributed by atoms with van der Waals surface area (Å²) in [5.74, 6) is 0.112. The van der Waals surface area contributed by atoms with Gasteiger partial charge < -0.3 is 4.74 Å². The summed E-state index contributed by atoms with van der Waals surface area (Å²) >= 11 is 6.22. The largest absolute Gasteiger partial charge is 0.488 e. The molecule has 0 bridgehead atoms. The van der Waals surface area contributed by atoms with Crippen molar-refractivity contribution in [2.75, 3.05) is 0 Å². The van der Waals surface area contributed by atoms with Crippen LogP contribution in [-0.2, 0) is 6.61 Å². The summed E-state index contributed by atoms with van der Waals surface area (Å²) in [5.41, 5.74) is 4.85. The number of fused-ring (bicyclic) bond motifs is 2. The molecule has 0 aromatic heterocycles. The second kappa shape index (κ2) is 9.77. The van der Waals surface area contributed by atoms with Crippen LogP contribution in [0.2, 0.25) is 5.02 Å². The first-order chi connectivity index (χ1) is 16.7. The van der Waals surface area contributed by atoms with Gasteiger partial charge in [-0.3, -0.25) is 4.79 Å². The van der Waals surface area contributed by atoms with Gasteiger partial charge in [0, 0.05) is 16.1 Å². The number of amides is 1. The van der Waals surface area contributed by atoms with Crippen molar-refractivity contribution in [3.05, 3.63) is 125 Å². The number of nitrogens with zero attached hydrogens (tertiary/aromatic N) is 1. The molecule has 0 fully saturated rings. The predicted molar refractivity (Wildman–Crippen MR) is 139 cm³/mol. The summed E-state index contributed by atoms with van der Waals surface area (Å²) in [6.45, 7) is 0.259. The second-order valence-corrected chi connectivity index (χ2v) is 8.22. The third kappa shape index (κ3) is 4.49. The van der Waals surface area contributed by atoms with Crippen LogP contribution in [-0.4, -0.2) is 12.1 Å². The molecule has 0 aliphatic rings. The minimum atomic E-state index is -0.351. The summed E-state index contributed by atoms with van der Waals surface area (Å²) in [6, 6.07) is 33.0. The van der Waals surface area contributed by atoms with Crippen LogP contribution >= 0.6 is 11.6 Å². The Morgan fingerprint density at radius 3 is 2.18 bits per heavy atom. The Labute approximate surface area is 202 Å². The van der Waals surface area contributed by atoms with Crippen molar-refractivity contribution in [2.24, 2.45) is 5.10 Å². The summed E-state index contributed by atoms with van der Waals surface area (Å²) in [7, 11) is 0. The molecule has 4 nitrogen and oxygen atoms in total. The summed E-state index contributed by atoms with van der Waals surface area (Å²) in [6.07, 6.45) is 1.70. The van der Waals surface area contributed by atoms with E-state index in [0.29, 0.717) is 16.3 Å². The quantitative estimate of drug-likeness (QED) is 0.167. The summed E-state index contributed by atoms with van der Waals surface area (Å²) < 4.78 is 5.91. The van der Waals surface area contributed by atoms with E-state index in [-0.39, 0.29) is 12.5 Å². The average molecular weight is 465 g/mol. The van der Waals surface area contributed by atoms with Gasteiger partial charge >= 0.3 is 0 Å². The fourth-order valence-electron chi connectivity index (χ4n) is 3.95. The number of hydrogen-bond acceptors (Lipinski definition) is 3. The van der Waals surface area contributed by atoms with E-state index in [2.05, 4.69) is 40.9 Å². The van der Waals surface area contributed by atoms with E-state index in [1.807, 2.05) is 54.6 Å². The Balaban J connectivity index is 1.39. The Hall–Kier alpha value is -4.15. The van der Waals surface area contributed by atoms with Gasteiger partial charge in [-0.15, -0.1) is 0 Å². The number of carbonyl (C=O) groups excluding carboxylic acids is 1. The van der Waals surface area contributed by atoms with Gasteiger partial charge in [0.2, 0.25) is 0 Å². The molecule has 0 aliphatic carbocycles. The predicted octanol–water partition coefficient (Wildman–Crippen LogP) is 6.99. The molecule has 0 heterocycles. The maximum Gasteiger partial charge on any atom is 0.275 e. The first-order valence-electron chi connectivity index (χ1n) is 10.9. The minimum Gasteiger partial charge on any atom is -0.488 e. The maximum atomic E-state index is 12.9. The van der Waals surface area contributed by atoms with E-state index in [4.69, 9.17) is 16.3 Å². The Kier molecular flexibility index (Phi) is 6.23. The zero-order valence-corrected chi connectivity index (χ0v) is 19.0. The third-order valence-electron chi connectivity index (χ3n) is 5.65. The number of hydrogen-bond donors (Lipinski definition) is 1. The zero-order chi connectivity index (χ0) is 23.3. The highest BCUT2D eigenvalue weighted by Crippen LogP contribution is 2.27. The molecule has 5 aromatic carbocycles. The van der Waals surface area contributed by atoms with Gasteiger partial charge in [-0.05, 0) is 45.8 Å². The lowest BCUT2D eigenvalue weighted by Crippen LogP contribution is -2.18. The van der Waals surface area contributed by atoms with E-state index in [0.717, 1.165) is 32.7 Å². The van der Waals surface area contributed by atoms with Crippen LogP contribution in [0, 0.1) is 0 Å². The van der Waals surface area contributed by atoms with Crippen LogP contribution in [0.4, 0.5) is 0 Å². The molecule has 0 saturated carbocycles. The van der Waals surface area contributed by atoms with Crippen LogP contribution in [0.15, 0.2) is 108 Å². The van der Waals surface area contributed by atoms with Crippen molar-refractivity contribution in [1.82, 2.24) is 5.43 Å². The van der Waals surface area contributed by atoms with Crippen molar-refractivity contribution < 1.29 is 9.53 Å². The molecule has 0 aliphatic heterocycles. The molecule has 1 N–H and O–H groups in total. The molecule has 34 heavy (non-hydrogen) atoms. The molecule has 5 aromatic rings. The standard InChI is InChI=1S/C29H21ClN2O2/c30-27-15-7-3-11-22(27)19-34-28-16-8-6-14-25(28)29(33)32-31-18-26-23-12-4-1-9-20(23)17-21-10-2-5-13-24(21)26/h1-18H,19H2,(H,32,33)/b31-18+. The summed E-state index contributed by atoms with van der Waals surface area (Å²) in [4.78, 5) is 12.9. The Bertz CT molecular complexity index is 1470. The van der Waals surface area contributed by atoms with Gasteiger partial charge in [0.25, 0.3) is 5.91 Å². The number of rotatable bonds is 6. The average Bonchev–Trinajstić information content (AvgIpc) is 2.88. The van der Waals surface area contributed by atoms with Gasteiger partial charge in [-0.25, -0.2) is 5.43 Å². The monoisotopic (exact) mass is 464 g/mol. The van der Waals surface area contributed by atoms with E-state index in [1.54, 1.807) is 24.4 Å². The lowest BCUT2D eigenvalue weighted by molar-refractivity contribution is 0.0950. The van der Waals surface area contributed by atoms with Crippen molar-refractivity contribution in [1.29, 1.82) is 0 Å². The van der Waals surface area contributed by atoms with Gasteiger partial charge in [0.05, 0.1) is 11.8 Å². The van der Waals surface area contributed by atoms with Gasteiger partial charge in [0.1, 0.15) is 12.4 Å². The van der Waals surface area contributed by atoms with Crippen molar-refractivity contribution >= 4 is 45.3 Å². The molecular formula is C29H21ClN2O2. The second-order valence-electron chi connectivity index (χ2n) is 7.81. The number of halogens is 1. The van der Waals surface area contributed by atoms with Crippen LogP contribution < -0.4 is 10.2 Å². The molecule has 0 radical (unpaired) electrons. The fraction of sp³-hybridized carbons (Fsp3) is 0.0345. The van der Waals surface area contributed by atoms with E-state index in [9.17, 15) is 4.79 Å². The zero-order valence-electron chi connectivity index (χ0n) is 18.2. The van der Waals surface area contributed by atoms with E-state index < -0.39 is 0 Å². The van der Waals surface area contributed by atoms with E-state index >= 15 is 0 Å². The van der Waals surface area contributed by atoms with Crippen molar-refractivity contribution in [2.45, 2.75) is 6.61 Å². The first-order valence-corrected chi connectivity index (χ1v) is 11.3. The molecule has 0 unspecified atom stereocenters.